The van der Waals surface area contributed by atoms with Crippen LogP contribution in [0.2, 0.25) is 0 Å². The Hall–Kier alpha value is -2.94. The largest absolute Gasteiger partial charge is 0.741 e. The molecule has 1 aromatic rings. The van der Waals surface area contributed by atoms with Crippen LogP contribution in [0.25, 0.3) is 11.1 Å². The first-order chi connectivity index (χ1) is 10.0. The topological polar surface area (TPSA) is 133 Å². The molecule has 0 bridgehead atoms. The number of benzene rings is 1. The van der Waals surface area contributed by atoms with E-state index in [4.69, 9.17) is 28.9 Å². The summed E-state index contributed by atoms with van der Waals surface area (Å²) in [7, 11) is -6.09. The van der Waals surface area contributed by atoms with Crippen molar-refractivity contribution in [2.75, 3.05) is 0 Å². The van der Waals surface area contributed by atoms with Crippen LogP contribution < -0.4 is 0 Å². The number of halogens is 3. The molecule has 0 saturated heterocycles. The minimum Gasteiger partial charge on any atom is -0.741 e. The minimum atomic E-state index is -6.09. The Morgan fingerprint density at radius 1 is 1.18 bits per heavy atom. The van der Waals surface area contributed by atoms with Crippen molar-refractivity contribution in [1.29, 1.82) is 15.9 Å². The van der Waals surface area contributed by atoms with Gasteiger partial charge in [0.05, 0.1) is 0 Å². The molecule has 0 aliphatic heterocycles. The molecule has 0 aliphatic rings. The second-order valence-electron chi connectivity index (χ2n) is 3.37. The molecule has 0 unspecified atom stereocenters. The highest BCUT2D eigenvalue weighted by Crippen LogP contribution is 2.20. The van der Waals surface area contributed by atoms with Gasteiger partial charge in [-0.2, -0.15) is 23.7 Å². The van der Waals surface area contributed by atoms with Crippen LogP contribution in [0.4, 0.5) is 18.9 Å². The lowest BCUT2D eigenvalue weighted by Crippen LogP contribution is -2.21. The Kier molecular flexibility index (Phi) is 6.71. The van der Waals surface area contributed by atoms with Gasteiger partial charge in [-0.15, -0.1) is 0 Å². The average Bonchev–Trinajstić information content (AvgIpc) is 2.44. The van der Waals surface area contributed by atoms with Crippen molar-refractivity contribution >= 4 is 21.9 Å². The summed E-state index contributed by atoms with van der Waals surface area (Å²) in [4.78, 5) is 2.98. The normalized spacial score (nSPS) is 10.0. The first kappa shape index (κ1) is 19.1. The van der Waals surface area contributed by atoms with Gasteiger partial charge < -0.3 is 4.55 Å². The van der Waals surface area contributed by atoms with Gasteiger partial charge in [0.1, 0.15) is 17.7 Å². The first-order valence-corrected chi connectivity index (χ1v) is 6.45. The maximum atomic E-state index is 10.7. The Balaban J connectivity index is 0.000000472. The Morgan fingerprint density at radius 3 is 1.86 bits per heavy atom. The smallest absolute Gasteiger partial charge is 0.485 e. The molecule has 22 heavy (non-hydrogen) atoms. The van der Waals surface area contributed by atoms with Crippen LogP contribution in [0.15, 0.2) is 29.8 Å². The predicted octanol–water partition coefficient (Wildman–Crippen LogP) is 2.65. The van der Waals surface area contributed by atoms with E-state index in [0.717, 1.165) is 5.56 Å². The van der Waals surface area contributed by atoms with Crippen LogP contribution in [0, 0.1) is 28.1 Å². The molecule has 0 aliphatic carbocycles. The van der Waals surface area contributed by atoms with Crippen molar-refractivity contribution in [3.8, 4) is 12.1 Å². The quantitative estimate of drug-likeness (QED) is 0.336. The van der Waals surface area contributed by atoms with Crippen molar-refractivity contribution < 1.29 is 26.1 Å². The summed E-state index contributed by atoms with van der Waals surface area (Å²) < 4.78 is 58.9. The Labute approximate surface area is 122 Å². The highest BCUT2D eigenvalue weighted by Gasteiger charge is 2.36. The molecule has 0 spiro atoms. The molecule has 0 fully saturated rings. The van der Waals surface area contributed by atoms with Gasteiger partial charge >= 0.3 is 11.2 Å². The lowest BCUT2D eigenvalue weighted by Gasteiger charge is -2.08. The summed E-state index contributed by atoms with van der Waals surface area (Å²) in [5.74, 6) is 0. The van der Waals surface area contributed by atoms with Gasteiger partial charge in [0.15, 0.2) is 15.1 Å². The van der Waals surface area contributed by atoms with E-state index in [9.17, 15) is 13.2 Å². The predicted molar refractivity (Wildman–Crippen MR) is 66.1 cm³/mol. The molecule has 0 atom stereocenters. The molecule has 0 radical (unpaired) electrons. The third kappa shape index (κ3) is 6.48. The van der Waals surface area contributed by atoms with E-state index in [2.05, 4.69) is 4.98 Å². The number of hydrogen-bond acceptors (Lipinski definition) is 6. The number of nitrogens with zero attached hydrogens (tertiary/aromatic N) is 4. The summed E-state index contributed by atoms with van der Waals surface area (Å²) in [6.07, 6.45) is 1.46. The van der Waals surface area contributed by atoms with Gasteiger partial charge in [0.2, 0.25) is 5.39 Å². The van der Waals surface area contributed by atoms with E-state index < -0.39 is 15.6 Å². The van der Waals surface area contributed by atoms with Crippen molar-refractivity contribution in [3.63, 3.8) is 0 Å². The van der Waals surface area contributed by atoms with E-state index in [1.807, 2.05) is 0 Å². The van der Waals surface area contributed by atoms with E-state index in [0.29, 0.717) is 5.69 Å². The zero-order valence-corrected chi connectivity index (χ0v) is 11.3. The molecular formula is C11H5F3N4O3S. The summed E-state index contributed by atoms with van der Waals surface area (Å²) in [5.41, 5.74) is -4.46. The lowest BCUT2D eigenvalue weighted by atomic mass is 10.1. The number of alkyl halides is 3. The standard InChI is InChI=1S/C10H5N4.CHF3O3S/c11-6-9(7-12)5-8-1-3-10(14-13)4-2-8;2-1(3,4)8(5,6)7/h1-5H;(H,5,6,7)/q+1;/p-1. The summed E-state index contributed by atoms with van der Waals surface area (Å²) in [6.45, 7) is 0. The SMILES string of the molecule is N#CC(C#N)=Cc1ccc([N+]#N)cc1.O=S(=O)([O-])C(F)(F)F. The summed E-state index contributed by atoms with van der Waals surface area (Å²) in [6, 6.07) is 9.99. The second kappa shape index (κ2) is 7.74. The average molecular weight is 330 g/mol. The fraction of sp³-hybridized carbons (Fsp3) is 0.0909. The van der Waals surface area contributed by atoms with Gasteiger partial charge in [0, 0.05) is 12.1 Å². The van der Waals surface area contributed by atoms with Gasteiger partial charge in [-0.3, -0.25) is 0 Å². The summed E-state index contributed by atoms with van der Waals surface area (Å²) in [5, 5.41) is 25.4. The second-order valence-corrected chi connectivity index (χ2v) is 4.74. The van der Waals surface area contributed by atoms with Crippen LogP contribution in [0.5, 0.6) is 0 Å². The number of nitriles is 2. The van der Waals surface area contributed by atoms with Gasteiger partial charge in [-0.1, -0.05) is 0 Å². The molecule has 0 heterocycles. The highest BCUT2D eigenvalue weighted by molar-refractivity contribution is 7.86. The monoisotopic (exact) mass is 330 g/mol. The van der Waals surface area contributed by atoms with Crippen molar-refractivity contribution in [1.82, 2.24) is 0 Å². The Bertz CT molecular complexity index is 762. The Morgan fingerprint density at radius 2 is 1.59 bits per heavy atom. The zero-order valence-electron chi connectivity index (χ0n) is 10.4. The molecule has 7 nitrogen and oxygen atoms in total. The van der Waals surface area contributed by atoms with Crippen LogP contribution in [0.3, 0.4) is 0 Å². The maximum Gasteiger partial charge on any atom is 0.485 e. The van der Waals surface area contributed by atoms with E-state index >= 15 is 0 Å². The van der Waals surface area contributed by atoms with Crippen molar-refractivity contribution in [3.05, 3.63) is 40.4 Å². The van der Waals surface area contributed by atoms with Crippen molar-refractivity contribution in [2.24, 2.45) is 0 Å². The van der Waals surface area contributed by atoms with Crippen LogP contribution >= 0.6 is 0 Å². The number of rotatable bonds is 1. The third-order valence-corrected chi connectivity index (χ3v) is 2.41. The molecule has 0 amide bonds. The maximum absolute atomic E-state index is 10.7. The van der Waals surface area contributed by atoms with Gasteiger partial charge in [-0.05, 0) is 23.8 Å². The van der Waals surface area contributed by atoms with E-state index in [1.54, 1.807) is 36.4 Å². The zero-order chi connectivity index (χ0) is 17.4. The first-order valence-electron chi connectivity index (χ1n) is 5.04. The fourth-order valence-corrected chi connectivity index (χ4v) is 0.893. The van der Waals surface area contributed by atoms with Crippen molar-refractivity contribution in [2.45, 2.75) is 5.51 Å². The molecule has 0 N–H and O–H groups in total. The lowest BCUT2D eigenvalue weighted by molar-refractivity contribution is -0.0517. The van der Waals surface area contributed by atoms with Crippen LogP contribution in [-0.4, -0.2) is 18.5 Å². The van der Waals surface area contributed by atoms with E-state index in [-0.39, 0.29) is 5.57 Å². The molecule has 1 aromatic carbocycles. The van der Waals surface area contributed by atoms with Gasteiger partial charge in [-0.25, -0.2) is 8.42 Å². The van der Waals surface area contributed by atoms with Crippen LogP contribution in [-0.2, 0) is 10.1 Å². The third-order valence-electron chi connectivity index (χ3n) is 1.84. The molecule has 0 aromatic heterocycles. The molecule has 0 saturated carbocycles. The fourth-order valence-electron chi connectivity index (χ4n) is 0.893. The number of hydrogen-bond donors (Lipinski definition) is 0. The molecule has 114 valence electrons. The molecule has 1 rings (SSSR count). The van der Waals surface area contributed by atoms with E-state index in [1.165, 1.54) is 6.08 Å². The minimum absolute atomic E-state index is 0.0405. The van der Waals surface area contributed by atoms with Crippen LogP contribution in [0.1, 0.15) is 5.56 Å². The number of diazo groups is 1. The highest BCUT2D eigenvalue weighted by atomic mass is 32.2. The summed E-state index contributed by atoms with van der Waals surface area (Å²) >= 11 is 0. The van der Waals surface area contributed by atoms with Gasteiger partial charge in [0.25, 0.3) is 0 Å². The molecule has 11 heteroatoms. The number of allylic oxidation sites excluding steroid dienone is 1. The molecular weight excluding hydrogens is 325 g/mol.